The zero-order valence-electron chi connectivity index (χ0n) is 10.7. The number of ether oxygens (including phenoxy) is 2. The first-order valence-corrected chi connectivity index (χ1v) is 5.98. The van der Waals surface area contributed by atoms with Crippen LogP contribution in [0, 0.1) is 0 Å². The molecule has 2 N–H and O–H groups in total. The van der Waals surface area contributed by atoms with Crippen molar-refractivity contribution >= 4 is 5.82 Å². The van der Waals surface area contributed by atoms with Crippen molar-refractivity contribution in [1.29, 1.82) is 0 Å². The first-order chi connectivity index (χ1) is 7.98. The van der Waals surface area contributed by atoms with Crippen LogP contribution in [0.5, 0.6) is 5.75 Å². The van der Waals surface area contributed by atoms with Gasteiger partial charge in [-0.25, -0.2) is 4.98 Å². The minimum atomic E-state index is -0.00808. The minimum absolute atomic E-state index is 0.00808. The monoisotopic (exact) mass is 236 g/mol. The van der Waals surface area contributed by atoms with E-state index < -0.39 is 0 Å². The van der Waals surface area contributed by atoms with Crippen LogP contribution in [0.4, 0.5) is 5.82 Å². The molecule has 0 spiro atoms. The van der Waals surface area contributed by atoms with Crippen LogP contribution in [0.2, 0.25) is 0 Å². The summed E-state index contributed by atoms with van der Waals surface area (Å²) in [5.74, 6) is 1.18. The molecule has 4 heteroatoms. The van der Waals surface area contributed by atoms with E-state index in [1.54, 1.807) is 6.20 Å². The molecule has 0 bridgehead atoms. The van der Waals surface area contributed by atoms with Gasteiger partial charge < -0.3 is 15.2 Å². The molecule has 1 unspecified atom stereocenters. The van der Waals surface area contributed by atoms with Crippen molar-refractivity contribution in [3.63, 3.8) is 0 Å². The second-order valence-electron chi connectivity index (χ2n) is 5.43. The van der Waals surface area contributed by atoms with Crippen LogP contribution in [0.1, 0.15) is 32.8 Å². The molecule has 1 aromatic rings. The normalized spacial score (nSPS) is 20.5. The molecule has 0 amide bonds. The molecule has 0 saturated carbocycles. The lowest BCUT2D eigenvalue weighted by atomic mass is 9.87. The molecule has 1 saturated heterocycles. The van der Waals surface area contributed by atoms with Crippen molar-refractivity contribution in [2.45, 2.75) is 38.7 Å². The highest BCUT2D eigenvalue weighted by atomic mass is 16.5. The highest BCUT2D eigenvalue weighted by Crippen LogP contribution is 2.35. The lowest BCUT2D eigenvalue weighted by molar-refractivity contribution is 0.140. The van der Waals surface area contributed by atoms with E-state index in [-0.39, 0.29) is 11.5 Å². The van der Waals surface area contributed by atoms with Gasteiger partial charge in [0.25, 0.3) is 0 Å². The molecule has 0 aromatic carbocycles. The second kappa shape index (κ2) is 4.53. The zero-order chi connectivity index (χ0) is 12.5. The molecule has 1 fully saturated rings. The Hall–Kier alpha value is -1.29. The smallest absolute Gasteiger partial charge is 0.166 e. The lowest BCUT2D eigenvalue weighted by Crippen LogP contribution is -2.21. The molecule has 94 valence electrons. The van der Waals surface area contributed by atoms with Gasteiger partial charge in [-0.15, -0.1) is 0 Å². The number of nitrogen functional groups attached to an aromatic ring is 1. The van der Waals surface area contributed by atoms with Crippen molar-refractivity contribution in [2.24, 2.45) is 0 Å². The number of rotatable bonds is 2. The summed E-state index contributed by atoms with van der Waals surface area (Å²) in [5.41, 5.74) is 7.01. The summed E-state index contributed by atoms with van der Waals surface area (Å²) >= 11 is 0. The number of hydrogen-bond donors (Lipinski definition) is 1. The maximum Gasteiger partial charge on any atom is 0.166 e. The van der Waals surface area contributed by atoms with Crippen LogP contribution < -0.4 is 10.5 Å². The van der Waals surface area contributed by atoms with E-state index >= 15 is 0 Å². The topological polar surface area (TPSA) is 57.4 Å². The maximum absolute atomic E-state index is 5.95. The molecule has 4 nitrogen and oxygen atoms in total. The third-order valence-electron chi connectivity index (χ3n) is 2.91. The molecule has 0 aliphatic carbocycles. The van der Waals surface area contributed by atoms with Crippen LogP contribution in [0.15, 0.2) is 12.3 Å². The van der Waals surface area contributed by atoms with Gasteiger partial charge in [-0.2, -0.15) is 0 Å². The maximum atomic E-state index is 5.95. The predicted molar refractivity (Wildman–Crippen MR) is 67.2 cm³/mol. The van der Waals surface area contributed by atoms with Crippen LogP contribution >= 0.6 is 0 Å². The lowest BCUT2D eigenvalue weighted by Gasteiger charge is -2.24. The Labute approximate surface area is 102 Å². The predicted octanol–water partition coefficient (Wildman–Crippen LogP) is 2.13. The number of nitrogens with zero attached hydrogens (tertiary/aromatic N) is 1. The molecule has 1 aliphatic heterocycles. The fourth-order valence-electron chi connectivity index (χ4n) is 1.95. The number of anilines is 1. The Kier molecular flexibility index (Phi) is 3.24. The van der Waals surface area contributed by atoms with Gasteiger partial charge in [0.1, 0.15) is 6.10 Å². The molecule has 1 aliphatic rings. The molecular weight excluding hydrogens is 216 g/mol. The number of hydrogen-bond acceptors (Lipinski definition) is 4. The standard InChI is InChI=1S/C13H20N2O2/c1-13(2,3)10-4-6-15-12(14)11(10)17-9-5-7-16-8-9/h4,6,9H,5,7-8H2,1-3H3,(H2,14,15). The summed E-state index contributed by atoms with van der Waals surface area (Å²) in [6.45, 7) is 7.81. The fraction of sp³-hybridized carbons (Fsp3) is 0.615. The largest absolute Gasteiger partial charge is 0.484 e. The Morgan fingerprint density at radius 2 is 2.24 bits per heavy atom. The summed E-state index contributed by atoms with van der Waals surface area (Å²) in [6.07, 6.45) is 2.74. The van der Waals surface area contributed by atoms with Crippen molar-refractivity contribution in [2.75, 3.05) is 18.9 Å². The van der Waals surface area contributed by atoms with Gasteiger partial charge in [-0.05, 0) is 11.5 Å². The quantitative estimate of drug-likeness (QED) is 0.854. The molecule has 2 rings (SSSR count). The Morgan fingerprint density at radius 3 is 2.82 bits per heavy atom. The van der Waals surface area contributed by atoms with E-state index in [2.05, 4.69) is 25.8 Å². The van der Waals surface area contributed by atoms with Gasteiger partial charge in [0, 0.05) is 18.2 Å². The van der Waals surface area contributed by atoms with Crippen LogP contribution in [-0.2, 0) is 10.2 Å². The van der Waals surface area contributed by atoms with Gasteiger partial charge >= 0.3 is 0 Å². The third-order valence-corrected chi connectivity index (χ3v) is 2.91. The first kappa shape index (κ1) is 12.2. The van der Waals surface area contributed by atoms with Crippen molar-refractivity contribution in [3.05, 3.63) is 17.8 Å². The SMILES string of the molecule is CC(C)(C)c1ccnc(N)c1OC1CCOC1. The van der Waals surface area contributed by atoms with Crippen LogP contribution in [0.25, 0.3) is 0 Å². The Bertz CT molecular complexity index is 393. The van der Waals surface area contributed by atoms with Gasteiger partial charge in [0.2, 0.25) is 0 Å². The summed E-state index contributed by atoms with van der Waals surface area (Å²) in [6, 6.07) is 1.97. The molecule has 0 radical (unpaired) electrons. The van der Waals surface area contributed by atoms with Gasteiger partial charge in [0.15, 0.2) is 11.6 Å². The summed E-state index contributed by atoms with van der Waals surface area (Å²) in [7, 11) is 0. The van der Waals surface area contributed by atoms with E-state index in [0.29, 0.717) is 12.4 Å². The molecule has 17 heavy (non-hydrogen) atoms. The van der Waals surface area contributed by atoms with Gasteiger partial charge in [0.05, 0.1) is 13.2 Å². The highest BCUT2D eigenvalue weighted by Gasteiger charge is 2.25. The summed E-state index contributed by atoms with van der Waals surface area (Å²) in [4.78, 5) is 4.11. The van der Waals surface area contributed by atoms with Crippen LogP contribution in [0.3, 0.4) is 0 Å². The van der Waals surface area contributed by atoms with Crippen molar-refractivity contribution in [3.8, 4) is 5.75 Å². The van der Waals surface area contributed by atoms with E-state index in [0.717, 1.165) is 24.3 Å². The zero-order valence-corrected chi connectivity index (χ0v) is 10.7. The van der Waals surface area contributed by atoms with E-state index in [4.69, 9.17) is 15.2 Å². The highest BCUT2D eigenvalue weighted by molar-refractivity contribution is 5.53. The minimum Gasteiger partial charge on any atom is -0.484 e. The van der Waals surface area contributed by atoms with E-state index in [1.165, 1.54) is 0 Å². The molecule has 1 atom stereocenters. The second-order valence-corrected chi connectivity index (χ2v) is 5.43. The molecule has 1 aromatic heterocycles. The summed E-state index contributed by atoms with van der Waals surface area (Å²) < 4.78 is 11.3. The fourth-order valence-corrected chi connectivity index (χ4v) is 1.95. The first-order valence-electron chi connectivity index (χ1n) is 5.98. The van der Waals surface area contributed by atoms with Crippen molar-refractivity contribution < 1.29 is 9.47 Å². The number of nitrogens with two attached hydrogens (primary N) is 1. The van der Waals surface area contributed by atoms with Crippen LogP contribution in [-0.4, -0.2) is 24.3 Å². The average molecular weight is 236 g/mol. The van der Waals surface area contributed by atoms with E-state index in [1.807, 2.05) is 6.07 Å². The Balaban J connectivity index is 2.30. The van der Waals surface area contributed by atoms with Gasteiger partial charge in [-0.1, -0.05) is 20.8 Å². The Morgan fingerprint density at radius 1 is 1.47 bits per heavy atom. The molecule has 2 heterocycles. The average Bonchev–Trinajstić information content (AvgIpc) is 2.72. The van der Waals surface area contributed by atoms with Crippen molar-refractivity contribution in [1.82, 2.24) is 4.98 Å². The number of aromatic nitrogens is 1. The molecular formula is C13H20N2O2. The van der Waals surface area contributed by atoms with E-state index in [9.17, 15) is 0 Å². The summed E-state index contributed by atoms with van der Waals surface area (Å²) in [5, 5.41) is 0. The van der Waals surface area contributed by atoms with Gasteiger partial charge in [-0.3, -0.25) is 0 Å². The number of pyridine rings is 1. The third kappa shape index (κ3) is 2.69.